The summed E-state index contributed by atoms with van der Waals surface area (Å²) in [4.78, 5) is 21.2. The smallest absolute Gasteiger partial charge is 0.261 e. The molecule has 1 amide bonds. The lowest BCUT2D eigenvalue weighted by atomic mass is 9.97. The van der Waals surface area contributed by atoms with Gasteiger partial charge in [-0.15, -0.1) is 0 Å². The van der Waals surface area contributed by atoms with Gasteiger partial charge in [0.2, 0.25) is 5.82 Å². The Morgan fingerprint density at radius 3 is 2.96 bits per heavy atom. The van der Waals surface area contributed by atoms with E-state index >= 15 is 0 Å². The maximum atomic E-state index is 14.7. The van der Waals surface area contributed by atoms with Crippen molar-refractivity contribution < 1.29 is 13.9 Å². The summed E-state index contributed by atoms with van der Waals surface area (Å²) in [5.41, 5.74) is -0.314. The summed E-state index contributed by atoms with van der Waals surface area (Å²) in [5.74, 6) is -1.16. The molecule has 0 bridgehead atoms. The molecule has 27 heavy (non-hydrogen) atoms. The van der Waals surface area contributed by atoms with Crippen LogP contribution in [0.2, 0.25) is 5.15 Å². The first kappa shape index (κ1) is 18.3. The third-order valence-electron chi connectivity index (χ3n) is 5.60. The fourth-order valence-corrected chi connectivity index (χ4v) is 4.40. The molecule has 7 nitrogen and oxygen atoms in total. The first-order valence-corrected chi connectivity index (χ1v) is 9.42. The van der Waals surface area contributed by atoms with Gasteiger partial charge in [-0.1, -0.05) is 11.6 Å². The predicted octanol–water partition coefficient (Wildman–Crippen LogP) is 1.81. The SMILES string of the molecule is CC1(C)CC(C#N)CN1c1nc(Cl)c(F)c2c1C(=O)N1CCNC[C@@H]1CO2. The van der Waals surface area contributed by atoms with Crippen LogP contribution >= 0.6 is 11.6 Å². The molecule has 1 N–H and O–H groups in total. The number of rotatable bonds is 1. The second kappa shape index (κ2) is 6.50. The highest BCUT2D eigenvalue weighted by atomic mass is 35.5. The Morgan fingerprint density at radius 2 is 2.26 bits per heavy atom. The molecule has 0 saturated carbocycles. The first-order chi connectivity index (χ1) is 12.8. The number of ether oxygens (including phenoxy) is 1. The Balaban J connectivity index is 1.87. The van der Waals surface area contributed by atoms with Gasteiger partial charge in [-0.05, 0) is 20.3 Å². The summed E-state index contributed by atoms with van der Waals surface area (Å²) >= 11 is 6.05. The van der Waals surface area contributed by atoms with Crippen LogP contribution in [0.25, 0.3) is 0 Å². The molecule has 4 rings (SSSR count). The molecule has 3 aliphatic heterocycles. The number of nitriles is 1. The fraction of sp³-hybridized carbons (Fsp3) is 0.611. The standard InChI is InChI=1S/C18H21ClFN5O2/c1-18(2)5-10(6-21)8-25(18)16-12-14(13(20)15(19)23-16)27-9-11-7-22-3-4-24(11)17(12)26/h10-11,22H,3-5,7-9H2,1-2H3/t10?,11-/m1/s1. The molecule has 1 aromatic heterocycles. The van der Waals surface area contributed by atoms with Crippen molar-refractivity contribution in [1.82, 2.24) is 15.2 Å². The van der Waals surface area contributed by atoms with E-state index in [2.05, 4.69) is 16.4 Å². The van der Waals surface area contributed by atoms with Crippen LogP contribution in [0.1, 0.15) is 30.6 Å². The maximum Gasteiger partial charge on any atom is 0.261 e. The van der Waals surface area contributed by atoms with E-state index in [1.165, 1.54) is 0 Å². The lowest BCUT2D eigenvalue weighted by Gasteiger charge is -2.36. The Hall–Kier alpha value is -2.11. The van der Waals surface area contributed by atoms with Gasteiger partial charge >= 0.3 is 0 Å². The number of aromatic nitrogens is 1. The van der Waals surface area contributed by atoms with Crippen molar-refractivity contribution in [2.24, 2.45) is 5.92 Å². The van der Waals surface area contributed by atoms with Gasteiger partial charge in [0.05, 0.1) is 18.0 Å². The van der Waals surface area contributed by atoms with Crippen molar-refractivity contribution in [3.8, 4) is 11.8 Å². The zero-order valence-corrected chi connectivity index (χ0v) is 16.0. The topological polar surface area (TPSA) is 81.5 Å². The van der Waals surface area contributed by atoms with E-state index in [0.29, 0.717) is 38.4 Å². The number of nitrogens with zero attached hydrogens (tertiary/aromatic N) is 4. The molecule has 0 radical (unpaired) electrons. The molecule has 144 valence electrons. The Labute approximate surface area is 162 Å². The molecule has 4 heterocycles. The monoisotopic (exact) mass is 393 g/mol. The molecule has 0 aliphatic carbocycles. The van der Waals surface area contributed by atoms with Gasteiger partial charge in [0.25, 0.3) is 5.91 Å². The number of anilines is 1. The number of carbonyl (C=O) groups is 1. The number of hydrogen-bond donors (Lipinski definition) is 1. The number of hydrogen-bond acceptors (Lipinski definition) is 6. The van der Waals surface area contributed by atoms with Crippen molar-refractivity contribution in [2.45, 2.75) is 31.8 Å². The molecule has 0 spiro atoms. The molecule has 2 atom stereocenters. The summed E-state index contributed by atoms with van der Waals surface area (Å²) in [6, 6.07) is 2.11. The zero-order valence-electron chi connectivity index (χ0n) is 15.3. The van der Waals surface area contributed by atoms with E-state index in [-0.39, 0.29) is 40.9 Å². The van der Waals surface area contributed by atoms with Crippen LogP contribution in [0.3, 0.4) is 0 Å². The summed E-state index contributed by atoms with van der Waals surface area (Å²) in [7, 11) is 0. The van der Waals surface area contributed by atoms with Crippen molar-refractivity contribution >= 4 is 23.3 Å². The molecule has 2 fully saturated rings. The van der Waals surface area contributed by atoms with Crippen molar-refractivity contribution in [2.75, 3.05) is 37.7 Å². The number of piperazine rings is 1. The molecule has 1 aromatic rings. The molecule has 2 saturated heterocycles. The normalized spacial score (nSPS) is 26.7. The summed E-state index contributed by atoms with van der Waals surface area (Å²) in [6.45, 7) is 6.32. The van der Waals surface area contributed by atoms with Gasteiger partial charge in [-0.2, -0.15) is 9.65 Å². The minimum atomic E-state index is -0.814. The van der Waals surface area contributed by atoms with E-state index in [4.69, 9.17) is 16.3 Å². The quantitative estimate of drug-likeness (QED) is 0.733. The Kier molecular flexibility index (Phi) is 4.40. The Bertz CT molecular complexity index is 840. The van der Waals surface area contributed by atoms with E-state index in [1.807, 2.05) is 18.7 Å². The largest absolute Gasteiger partial charge is 0.487 e. The number of nitrogens with one attached hydrogen (secondary N) is 1. The number of carbonyl (C=O) groups excluding carboxylic acids is 1. The second-order valence-electron chi connectivity index (χ2n) is 7.87. The average molecular weight is 394 g/mol. The minimum absolute atomic E-state index is 0.105. The van der Waals surface area contributed by atoms with Crippen molar-refractivity contribution in [1.29, 1.82) is 5.26 Å². The minimum Gasteiger partial charge on any atom is -0.487 e. The van der Waals surface area contributed by atoms with Gasteiger partial charge in [-0.3, -0.25) is 4.79 Å². The van der Waals surface area contributed by atoms with Crippen LogP contribution in [0.4, 0.5) is 10.2 Å². The van der Waals surface area contributed by atoms with Crippen LogP contribution in [0, 0.1) is 23.1 Å². The highest BCUT2D eigenvalue weighted by molar-refractivity contribution is 6.30. The zero-order chi connectivity index (χ0) is 19.3. The van der Waals surface area contributed by atoms with Crippen LogP contribution in [0.15, 0.2) is 0 Å². The molecular formula is C18H21ClFN5O2. The molecule has 9 heteroatoms. The fourth-order valence-electron chi connectivity index (χ4n) is 4.23. The highest BCUT2D eigenvalue weighted by Crippen LogP contribution is 2.43. The van der Waals surface area contributed by atoms with Gasteiger partial charge in [0.1, 0.15) is 18.0 Å². The number of pyridine rings is 1. The van der Waals surface area contributed by atoms with Gasteiger partial charge in [0, 0.05) is 31.7 Å². The van der Waals surface area contributed by atoms with Crippen LogP contribution in [-0.2, 0) is 0 Å². The summed E-state index contributed by atoms with van der Waals surface area (Å²) < 4.78 is 20.5. The molecular weight excluding hydrogens is 373 g/mol. The predicted molar refractivity (Wildman–Crippen MR) is 97.5 cm³/mol. The van der Waals surface area contributed by atoms with Crippen molar-refractivity contribution in [3.05, 3.63) is 16.5 Å². The second-order valence-corrected chi connectivity index (χ2v) is 8.22. The van der Waals surface area contributed by atoms with E-state index < -0.39 is 11.4 Å². The first-order valence-electron chi connectivity index (χ1n) is 9.04. The number of amides is 1. The number of halogens is 2. The average Bonchev–Trinajstić information content (AvgIpc) is 2.87. The van der Waals surface area contributed by atoms with Crippen LogP contribution in [0.5, 0.6) is 5.75 Å². The molecule has 0 aromatic carbocycles. The Morgan fingerprint density at radius 1 is 1.48 bits per heavy atom. The third-order valence-corrected chi connectivity index (χ3v) is 5.85. The van der Waals surface area contributed by atoms with Gasteiger partial charge in [-0.25, -0.2) is 4.98 Å². The van der Waals surface area contributed by atoms with Crippen LogP contribution in [-0.4, -0.2) is 60.2 Å². The van der Waals surface area contributed by atoms with E-state index in [9.17, 15) is 14.4 Å². The van der Waals surface area contributed by atoms with E-state index in [0.717, 1.165) is 0 Å². The lowest BCUT2D eigenvalue weighted by Crippen LogP contribution is -2.55. The maximum absolute atomic E-state index is 14.7. The van der Waals surface area contributed by atoms with Crippen molar-refractivity contribution in [3.63, 3.8) is 0 Å². The number of fused-ring (bicyclic) bond motifs is 2. The highest BCUT2D eigenvalue weighted by Gasteiger charge is 2.44. The molecule has 1 unspecified atom stereocenters. The summed E-state index contributed by atoms with van der Waals surface area (Å²) in [6.07, 6.45) is 0.625. The van der Waals surface area contributed by atoms with Crippen LogP contribution < -0.4 is 15.0 Å². The molecule has 3 aliphatic rings. The summed E-state index contributed by atoms with van der Waals surface area (Å²) in [5, 5.41) is 12.3. The lowest BCUT2D eigenvalue weighted by molar-refractivity contribution is 0.0606. The van der Waals surface area contributed by atoms with E-state index in [1.54, 1.807) is 4.90 Å². The third kappa shape index (κ3) is 2.89. The van der Waals surface area contributed by atoms with Gasteiger partial charge in [0.15, 0.2) is 10.9 Å². The van der Waals surface area contributed by atoms with Gasteiger partial charge < -0.3 is 19.9 Å².